The Morgan fingerprint density at radius 2 is 2.25 bits per heavy atom. The maximum atomic E-state index is 5.87. The third kappa shape index (κ3) is 2.71. The standard InChI is InChI=1S/C9H6Cl2N4O/c10-7-1-2-9(8(11)3-7)16-14-6-15-5-12-4-13-15/h1-6H. The van der Waals surface area contributed by atoms with Gasteiger partial charge in [0.05, 0.1) is 5.02 Å². The number of aromatic nitrogens is 3. The van der Waals surface area contributed by atoms with Crippen molar-refractivity contribution in [3.8, 4) is 5.75 Å². The lowest BCUT2D eigenvalue weighted by Crippen LogP contribution is -1.97. The smallest absolute Gasteiger partial charge is 0.176 e. The lowest BCUT2D eigenvalue weighted by molar-refractivity contribution is 0.341. The van der Waals surface area contributed by atoms with E-state index in [2.05, 4.69) is 15.2 Å². The van der Waals surface area contributed by atoms with Crippen LogP contribution in [0.15, 0.2) is 36.0 Å². The summed E-state index contributed by atoms with van der Waals surface area (Å²) in [6, 6.07) is 4.86. The quantitative estimate of drug-likeness (QED) is 0.482. The molecule has 2 aromatic rings. The van der Waals surface area contributed by atoms with Gasteiger partial charge in [-0.25, -0.2) is 9.67 Å². The van der Waals surface area contributed by atoms with Crippen LogP contribution in [0.25, 0.3) is 0 Å². The van der Waals surface area contributed by atoms with Gasteiger partial charge in [0.1, 0.15) is 12.7 Å². The van der Waals surface area contributed by atoms with Crippen molar-refractivity contribution in [2.24, 2.45) is 5.16 Å². The van der Waals surface area contributed by atoms with E-state index in [1.807, 2.05) is 0 Å². The molecule has 0 aliphatic rings. The summed E-state index contributed by atoms with van der Waals surface area (Å²) >= 11 is 11.6. The summed E-state index contributed by atoms with van der Waals surface area (Å²) in [6.45, 7) is 0. The van der Waals surface area contributed by atoms with Crippen molar-refractivity contribution in [3.05, 3.63) is 40.9 Å². The van der Waals surface area contributed by atoms with Gasteiger partial charge in [-0.1, -0.05) is 28.4 Å². The number of benzene rings is 1. The van der Waals surface area contributed by atoms with Gasteiger partial charge in [-0.15, -0.1) is 0 Å². The molecule has 0 aliphatic carbocycles. The molecule has 82 valence electrons. The van der Waals surface area contributed by atoms with Gasteiger partial charge < -0.3 is 4.84 Å². The van der Waals surface area contributed by atoms with Crippen molar-refractivity contribution in [1.82, 2.24) is 14.8 Å². The second-order valence-corrected chi connectivity index (χ2v) is 3.61. The van der Waals surface area contributed by atoms with Crippen LogP contribution in [-0.4, -0.2) is 21.1 Å². The minimum atomic E-state index is 0.392. The number of halogens is 2. The number of nitrogens with zero attached hydrogens (tertiary/aromatic N) is 4. The van der Waals surface area contributed by atoms with Crippen LogP contribution in [-0.2, 0) is 0 Å². The molecule has 0 spiro atoms. The minimum Gasteiger partial charge on any atom is -0.354 e. The van der Waals surface area contributed by atoms with Crippen LogP contribution in [0, 0.1) is 0 Å². The summed E-state index contributed by atoms with van der Waals surface area (Å²) in [5.41, 5.74) is 0. The molecule has 0 aliphatic heterocycles. The van der Waals surface area contributed by atoms with E-state index in [-0.39, 0.29) is 0 Å². The molecule has 0 fully saturated rings. The first-order chi connectivity index (χ1) is 7.75. The molecule has 0 saturated heterocycles. The van der Waals surface area contributed by atoms with Crippen LogP contribution in [0.5, 0.6) is 5.75 Å². The third-order valence-corrected chi connectivity index (χ3v) is 2.18. The molecule has 7 heteroatoms. The Morgan fingerprint density at radius 1 is 1.38 bits per heavy atom. The van der Waals surface area contributed by atoms with E-state index in [1.54, 1.807) is 18.2 Å². The minimum absolute atomic E-state index is 0.392. The summed E-state index contributed by atoms with van der Waals surface area (Å²) in [4.78, 5) is 8.79. The van der Waals surface area contributed by atoms with Crippen molar-refractivity contribution in [2.45, 2.75) is 0 Å². The van der Waals surface area contributed by atoms with Crippen LogP contribution in [0.4, 0.5) is 0 Å². The van der Waals surface area contributed by atoms with E-state index in [4.69, 9.17) is 28.0 Å². The lowest BCUT2D eigenvalue weighted by Gasteiger charge is -2.00. The number of rotatable bonds is 3. The average Bonchev–Trinajstić information content (AvgIpc) is 2.74. The van der Waals surface area contributed by atoms with E-state index >= 15 is 0 Å². The highest BCUT2D eigenvalue weighted by atomic mass is 35.5. The Kier molecular flexibility index (Phi) is 3.38. The molecule has 0 bridgehead atoms. The number of hydrogen-bond acceptors (Lipinski definition) is 4. The van der Waals surface area contributed by atoms with Crippen LogP contribution >= 0.6 is 23.2 Å². The Balaban J connectivity index is 2.05. The normalized spacial score (nSPS) is 10.9. The highest BCUT2D eigenvalue weighted by Gasteiger charge is 2.01. The van der Waals surface area contributed by atoms with Crippen LogP contribution in [0.3, 0.4) is 0 Å². The molecule has 5 nitrogen and oxygen atoms in total. The summed E-state index contributed by atoms with van der Waals surface area (Å²) in [6.07, 6.45) is 4.23. The predicted molar refractivity (Wildman–Crippen MR) is 61.0 cm³/mol. The number of hydrogen-bond donors (Lipinski definition) is 0. The molecule has 0 unspecified atom stereocenters. The van der Waals surface area contributed by atoms with Gasteiger partial charge in [0, 0.05) is 5.02 Å². The average molecular weight is 257 g/mol. The monoisotopic (exact) mass is 256 g/mol. The zero-order chi connectivity index (χ0) is 11.4. The maximum Gasteiger partial charge on any atom is 0.176 e. The molecule has 0 N–H and O–H groups in total. The molecular formula is C9H6Cl2N4O. The van der Waals surface area contributed by atoms with E-state index in [1.165, 1.54) is 23.7 Å². The highest BCUT2D eigenvalue weighted by Crippen LogP contribution is 2.27. The van der Waals surface area contributed by atoms with Gasteiger partial charge in [0.15, 0.2) is 12.1 Å². The zero-order valence-electron chi connectivity index (χ0n) is 7.92. The van der Waals surface area contributed by atoms with E-state index < -0.39 is 0 Å². The first-order valence-corrected chi connectivity index (χ1v) is 5.01. The van der Waals surface area contributed by atoms with Gasteiger partial charge in [0.2, 0.25) is 0 Å². The van der Waals surface area contributed by atoms with Gasteiger partial charge in [-0.3, -0.25) is 0 Å². The fourth-order valence-corrected chi connectivity index (χ4v) is 1.40. The Morgan fingerprint density at radius 3 is 2.94 bits per heavy atom. The summed E-state index contributed by atoms with van der Waals surface area (Å²) < 4.78 is 1.39. The molecule has 0 atom stereocenters. The summed E-state index contributed by atoms with van der Waals surface area (Å²) in [5, 5.41) is 8.42. The SMILES string of the molecule is Clc1ccc(ON=Cn2cncn2)c(Cl)c1. The highest BCUT2D eigenvalue weighted by molar-refractivity contribution is 6.35. The Hall–Kier alpha value is -1.59. The van der Waals surface area contributed by atoms with Crippen molar-refractivity contribution >= 4 is 29.5 Å². The molecule has 1 aromatic carbocycles. The zero-order valence-corrected chi connectivity index (χ0v) is 9.43. The van der Waals surface area contributed by atoms with E-state index in [0.29, 0.717) is 15.8 Å². The fraction of sp³-hybridized carbons (Fsp3) is 0. The van der Waals surface area contributed by atoms with Gasteiger partial charge >= 0.3 is 0 Å². The van der Waals surface area contributed by atoms with Gasteiger partial charge in [-0.2, -0.15) is 5.10 Å². The van der Waals surface area contributed by atoms with Crippen LogP contribution in [0.1, 0.15) is 0 Å². The first kappa shape index (κ1) is 10.9. The second-order valence-electron chi connectivity index (χ2n) is 2.76. The first-order valence-electron chi connectivity index (χ1n) is 4.25. The molecule has 0 radical (unpaired) electrons. The van der Waals surface area contributed by atoms with E-state index in [0.717, 1.165) is 0 Å². The summed E-state index contributed by atoms with van der Waals surface area (Å²) in [5.74, 6) is 0.419. The van der Waals surface area contributed by atoms with Gasteiger partial charge in [-0.05, 0) is 18.2 Å². The molecule has 1 heterocycles. The van der Waals surface area contributed by atoms with Crippen molar-refractivity contribution in [2.75, 3.05) is 0 Å². The van der Waals surface area contributed by atoms with Crippen molar-refractivity contribution in [1.29, 1.82) is 0 Å². The van der Waals surface area contributed by atoms with Crippen LogP contribution in [0.2, 0.25) is 10.0 Å². The fourth-order valence-electron chi connectivity index (χ4n) is 0.955. The van der Waals surface area contributed by atoms with Crippen molar-refractivity contribution in [3.63, 3.8) is 0 Å². The van der Waals surface area contributed by atoms with E-state index in [9.17, 15) is 0 Å². The lowest BCUT2D eigenvalue weighted by atomic mass is 10.3. The Labute approximate surface area is 101 Å². The molecule has 2 rings (SSSR count). The third-order valence-electron chi connectivity index (χ3n) is 1.65. The van der Waals surface area contributed by atoms with Crippen LogP contribution < -0.4 is 4.84 Å². The molecular weight excluding hydrogens is 251 g/mol. The summed E-state index contributed by atoms with van der Waals surface area (Å²) in [7, 11) is 0. The Bertz CT molecular complexity index is 498. The molecule has 1 aromatic heterocycles. The van der Waals surface area contributed by atoms with Gasteiger partial charge in [0.25, 0.3) is 0 Å². The predicted octanol–water partition coefficient (Wildman–Crippen LogP) is 2.46. The van der Waals surface area contributed by atoms with Crippen molar-refractivity contribution < 1.29 is 4.84 Å². The maximum absolute atomic E-state index is 5.87. The largest absolute Gasteiger partial charge is 0.354 e. The second kappa shape index (κ2) is 4.96. The molecule has 0 saturated carbocycles. The molecule has 16 heavy (non-hydrogen) atoms. The number of oxime groups is 1. The topological polar surface area (TPSA) is 52.3 Å². The molecule has 0 amide bonds.